The fourth-order valence-electron chi connectivity index (χ4n) is 2.16. The van der Waals surface area contributed by atoms with Crippen LogP contribution in [-0.2, 0) is 11.8 Å². The van der Waals surface area contributed by atoms with Gasteiger partial charge in [-0.1, -0.05) is 0 Å². The van der Waals surface area contributed by atoms with Crippen LogP contribution in [0.2, 0.25) is 0 Å². The Bertz CT molecular complexity index is 615. The molecule has 1 aliphatic rings. The van der Waals surface area contributed by atoms with E-state index in [0.29, 0.717) is 6.54 Å². The molecule has 0 bridgehead atoms. The molecular formula is C15H19N5O. The van der Waals surface area contributed by atoms with Crippen molar-refractivity contribution in [2.75, 3.05) is 18.4 Å². The Kier molecular flexibility index (Phi) is 3.96. The lowest BCUT2D eigenvalue weighted by Crippen LogP contribution is -2.29. The van der Waals surface area contributed by atoms with Crippen molar-refractivity contribution in [3.8, 4) is 11.4 Å². The van der Waals surface area contributed by atoms with Crippen molar-refractivity contribution in [2.45, 2.75) is 12.8 Å². The number of nitrogens with zero attached hydrogens (tertiary/aromatic N) is 3. The van der Waals surface area contributed by atoms with E-state index in [-0.39, 0.29) is 5.91 Å². The lowest BCUT2D eigenvalue weighted by molar-refractivity contribution is -0.115. The average molecular weight is 285 g/mol. The summed E-state index contributed by atoms with van der Waals surface area (Å²) in [6.07, 6.45) is 4.24. The van der Waals surface area contributed by atoms with Crippen LogP contribution in [0.1, 0.15) is 12.8 Å². The molecule has 21 heavy (non-hydrogen) atoms. The Labute approximate surface area is 123 Å². The minimum atomic E-state index is -0.0120. The molecule has 110 valence electrons. The molecule has 1 fully saturated rings. The van der Waals surface area contributed by atoms with E-state index >= 15 is 0 Å². The van der Waals surface area contributed by atoms with Crippen LogP contribution in [0.5, 0.6) is 0 Å². The quantitative estimate of drug-likeness (QED) is 0.842. The number of nitrogens with one attached hydrogen (secondary N) is 2. The van der Waals surface area contributed by atoms with Crippen molar-refractivity contribution in [3.63, 3.8) is 0 Å². The molecule has 1 aliphatic carbocycles. The van der Waals surface area contributed by atoms with E-state index in [2.05, 4.69) is 20.8 Å². The number of aryl methyl sites for hydroxylation is 1. The van der Waals surface area contributed by atoms with Crippen LogP contribution in [-0.4, -0.2) is 33.8 Å². The van der Waals surface area contributed by atoms with Crippen molar-refractivity contribution >= 4 is 11.6 Å². The fraction of sp³-hybridized carbons (Fsp3) is 0.400. The monoisotopic (exact) mass is 285 g/mol. The summed E-state index contributed by atoms with van der Waals surface area (Å²) < 4.78 is 1.86. The number of amides is 1. The lowest BCUT2D eigenvalue weighted by Gasteiger charge is -2.07. The number of carbonyl (C=O) groups is 1. The van der Waals surface area contributed by atoms with Gasteiger partial charge >= 0.3 is 0 Å². The molecule has 1 heterocycles. The molecule has 1 saturated carbocycles. The predicted octanol–water partition coefficient (Wildman–Crippen LogP) is 1.42. The molecular weight excluding hydrogens is 266 g/mol. The predicted molar refractivity (Wildman–Crippen MR) is 80.7 cm³/mol. The number of hydrogen-bond donors (Lipinski definition) is 2. The Morgan fingerprint density at radius 1 is 1.33 bits per heavy atom. The van der Waals surface area contributed by atoms with Crippen LogP contribution in [0.4, 0.5) is 5.69 Å². The molecule has 1 amide bonds. The molecule has 2 aromatic rings. The minimum Gasteiger partial charge on any atom is -0.325 e. The highest BCUT2D eigenvalue weighted by molar-refractivity contribution is 5.92. The standard InChI is InChI=1S/C15H19N5O/c1-20-10-17-19-15(20)12-4-6-13(7-5-12)18-14(21)9-16-8-11-2-3-11/h4-7,10-11,16H,2-3,8-9H2,1H3,(H,18,21). The first kappa shape index (κ1) is 13.8. The van der Waals surface area contributed by atoms with E-state index in [1.807, 2.05) is 35.9 Å². The van der Waals surface area contributed by atoms with Gasteiger partial charge in [0.25, 0.3) is 0 Å². The van der Waals surface area contributed by atoms with Gasteiger partial charge in [-0.3, -0.25) is 4.79 Å². The normalized spacial score (nSPS) is 14.1. The first-order chi connectivity index (χ1) is 10.2. The minimum absolute atomic E-state index is 0.0120. The highest BCUT2D eigenvalue weighted by atomic mass is 16.1. The summed E-state index contributed by atoms with van der Waals surface area (Å²) >= 11 is 0. The first-order valence-corrected chi connectivity index (χ1v) is 7.17. The van der Waals surface area contributed by atoms with Gasteiger partial charge in [-0.15, -0.1) is 10.2 Å². The van der Waals surface area contributed by atoms with E-state index in [1.165, 1.54) is 12.8 Å². The largest absolute Gasteiger partial charge is 0.325 e. The zero-order valence-electron chi connectivity index (χ0n) is 12.0. The Balaban J connectivity index is 1.54. The SMILES string of the molecule is Cn1cnnc1-c1ccc(NC(=O)CNCC2CC2)cc1. The van der Waals surface area contributed by atoms with Gasteiger partial charge in [0.2, 0.25) is 5.91 Å². The highest BCUT2D eigenvalue weighted by Gasteiger charge is 2.20. The zero-order valence-corrected chi connectivity index (χ0v) is 12.0. The van der Waals surface area contributed by atoms with Gasteiger partial charge in [0.1, 0.15) is 6.33 Å². The summed E-state index contributed by atoms with van der Waals surface area (Å²) in [6.45, 7) is 1.31. The van der Waals surface area contributed by atoms with Crippen molar-refractivity contribution < 1.29 is 4.79 Å². The summed E-state index contributed by atoms with van der Waals surface area (Å²) in [4.78, 5) is 11.8. The van der Waals surface area contributed by atoms with Crippen LogP contribution < -0.4 is 10.6 Å². The van der Waals surface area contributed by atoms with Crippen molar-refractivity contribution in [3.05, 3.63) is 30.6 Å². The average Bonchev–Trinajstić information content (AvgIpc) is 3.20. The Morgan fingerprint density at radius 3 is 2.71 bits per heavy atom. The molecule has 0 spiro atoms. The van der Waals surface area contributed by atoms with Gasteiger partial charge in [-0.25, -0.2) is 0 Å². The number of anilines is 1. The summed E-state index contributed by atoms with van der Waals surface area (Å²) in [5.74, 6) is 1.57. The number of benzene rings is 1. The third kappa shape index (κ3) is 3.66. The van der Waals surface area contributed by atoms with E-state index < -0.39 is 0 Å². The fourth-order valence-corrected chi connectivity index (χ4v) is 2.16. The molecule has 0 aliphatic heterocycles. The summed E-state index contributed by atoms with van der Waals surface area (Å²) in [5.41, 5.74) is 1.76. The maximum atomic E-state index is 11.8. The summed E-state index contributed by atoms with van der Waals surface area (Å²) in [6, 6.07) is 7.61. The number of carbonyl (C=O) groups excluding carboxylic acids is 1. The molecule has 0 saturated heterocycles. The van der Waals surface area contributed by atoms with Crippen molar-refractivity contribution in [1.82, 2.24) is 20.1 Å². The number of rotatable bonds is 6. The molecule has 2 N–H and O–H groups in total. The third-order valence-electron chi connectivity index (χ3n) is 3.55. The zero-order chi connectivity index (χ0) is 14.7. The van der Waals surface area contributed by atoms with Gasteiger partial charge in [0.05, 0.1) is 6.54 Å². The highest BCUT2D eigenvalue weighted by Crippen LogP contribution is 2.27. The molecule has 0 atom stereocenters. The van der Waals surface area contributed by atoms with Gasteiger partial charge in [-0.2, -0.15) is 0 Å². The van der Waals surface area contributed by atoms with Gasteiger partial charge in [-0.05, 0) is 49.6 Å². The smallest absolute Gasteiger partial charge is 0.238 e. The van der Waals surface area contributed by atoms with Crippen LogP contribution >= 0.6 is 0 Å². The van der Waals surface area contributed by atoms with Gasteiger partial charge in [0.15, 0.2) is 5.82 Å². The van der Waals surface area contributed by atoms with Crippen molar-refractivity contribution in [2.24, 2.45) is 13.0 Å². The molecule has 0 radical (unpaired) electrons. The molecule has 1 aromatic carbocycles. The maximum Gasteiger partial charge on any atom is 0.238 e. The van der Waals surface area contributed by atoms with E-state index in [4.69, 9.17) is 0 Å². The first-order valence-electron chi connectivity index (χ1n) is 7.17. The van der Waals surface area contributed by atoms with Crippen LogP contribution in [0.15, 0.2) is 30.6 Å². The van der Waals surface area contributed by atoms with Gasteiger partial charge < -0.3 is 15.2 Å². The van der Waals surface area contributed by atoms with E-state index in [0.717, 1.165) is 29.5 Å². The second-order valence-electron chi connectivity index (χ2n) is 5.47. The Hall–Kier alpha value is -2.21. The summed E-state index contributed by atoms with van der Waals surface area (Å²) in [7, 11) is 1.90. The molecule has 0 unspecified atom stereocenters. The van der Waals surface area contributed by atoms with Crippen LogP contribution in [0.3, 0.4) is 0 Å². The topological polar surface area (TPSA) is 71.8 Å². The lowest BCUT2D eigenvalue weighted by atomic mass is 10.2. The maximum absolute atomic E-state index is 11.8. The number of aromatic nitrogens is 3. The van der Waals surface area contributed by atoms with Crippen LogP contribution in [0.25, 0.3) is 11.4 Å². The second-order valence-corrected chi connectivity index (χ2v) is 5.47. The summed E-state index contributed by atoms with van der Waals surface area (Å²) in [5, 5.41) is 14.0. The van der Waals surface area contributed by atoms with Gasteiger partial charge in [0, 0.05) is 18.3 Å². The molecule has 1 aromatic heterocycles. The molecule has 3 rings (SSSR count). The molecule has 6 nitrogen and oxygen atoms in total. The van der Waals surface area contributed by atoms with Crippen LogP contribution in [0, 0.1) is 5.92 Å². The van der Waals surface area contributed by atoms with E-state index in [9.17, 15) is 4.79 Å². The number of hydrogen-bond acceptors (Lipinski definition) is 4. The second kappa shape index (κ2) is 6.05. The van der Waals surface area contributed by atoms with E-state index in [1.54, 1.807) is 6.33 Å². The third-order valence-corrected chi connectivity index (χ3v) is 3.55. The Morgan fingerprint density at radius 2 is 2.10 bits per heavy atom. The molecule has 6 heteroatoms. The van der Waals surface area contributed by atoms with Crippen molar-refractivity contribution in [1.29, 1.82) is 0 Å².